The van der Waals surface area contributed by atoms with E-state index in [2.05, 4.69) is 5.32 Å². The highest BCUT2D eigenvalue weighted by Gasteiger charge is 2.30. The highest BCUT2D eigenvalue weighted by atomic mass is 19.4. The summed E-state index contributed by atoms with van der Waals surface area (Å²) in [7, 11) is 0. The van der Waals surface area contributed by atoms with E-state index < -0.39 is 18.6 Å². The van der Waals surface area contributed by atoms with Crippen molar-refractivity contribution in [1.29, 1.82) is 0 Å². The van der Waals surface area contributed by atoms with Crippen molar-refractivity contribution < 1.29 is 18.0 Å². The number of hydrogen-bond donors (Lipinski definition) is 2. The van der Waals surface area contributed by atoms with Gasteiger partial charge < -0.3 is 11.1 Å². The molecule has 3 N–H and O–H groups in total. The smallest absolute Gasteiger partial charge is 0.353 e. The van der Waals surface area contributed by atoms with Crippen molar-refractivity contribution in [2.75, 3.05) is 6.54 Å². The van der Waals surface area contributed by atoms with Crippen molar-refractivity contribution in [2.45, 2.75) is 51.7 Å². The van der Waals surface area contributed by atoms with Crippen molar-refractivity contribution in [2.24, 2.45) is 11.7 Å². The molecule has 0 rings (SSSR count). The largest absolute Gasteiger partial charge is 0.391 e. The molecular weight excluding hydrogens is 233 g/mol. The van der Waals surface area contributed by atoms with Gasteiger partial charge in [-0.25, -0.2) is 0 Å². The van der Waals surface area contributed by atoms with Gasteiger partial charge in [0, 0.05) is 12.5 Å². The molecule has 6 heteroatoms. The number of rotatable bonds is 7. The molecule has 0 aliphatic heterocycles. The zero-order chi connectivity index (χ0) is 13.5. The zero-order valence-corrected chi connectivity index (χ0v) is 10.3. The van der Waals surface area contributed by atoms with Crippen LogP contribution in [0, 0.1) is 5.92 Å². The number of amides is 1. The number of carbonyl (C=O) groups excluding carboxylic acids is 1. The Balaban J connectivity index is 3.78. The second kappa shape index (κ2) is 7.53. The molecule has 0 radical (unpaired) electrons. The molecule has 0 aliphatic carbocycles. The van der Waals surface area contributed by atoms with Gasteiger partial charge in [0.05, 0.1) is 6.42 Å². The zero-order valence-electron chi connectivity index (χ0n) is 10.3. The van der Waals surface area contributed by atoms with Crippen LogP contribution >= 0.6 is 0 Å². The van der Waals surface area contributed by atoms with Gasteiger partial charge in [0.25, 0.3) is 0 Å². The molecule has 0 aromatic heterocycles. The molecule has 0 spiro atoms. The lowest BCUT2D eigenvalue weighted by Gasteiger charge is -2.16. The van der Waals surface area contributed by atoms with E-state index in [9.17, 15) is 18.0 Å². The topological polar surface area (TPSA) is 55.1 Å². The summed E-state index contributed by atoms with van der Waals surface area (Å²) in [6.45, 7) is 3.89. The summed E-state index contributed by atoms with van der Waals surface area (Å²) in [4.78, 5) is 11.3. The van der Waals surface area contributed by atoms with Gasteiger partial charge in [-0.15, -0.1) is 0 Å². The van der Waals surface area contributed by atoms with Gasteiger partial charge in [-0.3, -0.25) is 4.79 Å². The highest BCUT2D eigenvalue weighted by molar-refractivity contribution is 5.76. The summed E-state index contributed by atoms with van der Waals surface area (Å²) in [5.74, 6) is -0.00528. The fraction of sp³-hybridized carbons (Fsp3) is 0.909. The van der Waals surface area contributed by atoms with Gasteiger partial charge in [-0.1, -0.05) is 6.92 Å². The van der Waals surface area contributed by atoms with E-state index >= 15 is 0 Å². The molecule has 0 saturated heterocycles. The van der Waals surface area contributed by atoms with Crippen molar-refractivity contribution >= 4 is 5.91 Å². The first-order chi connectivity index (χ1) is 7.74. The first-order valence-electron chi connectivity index (χ1n) is 5.80. The summed E-state index contributed by atoms with van der Waals surface area (Å²) in [6, 6.07) is -0.868. The molecule has 0 aliphatic rings. The Hall–Kier alpha value is -0.780. The molecule has 17 heavy (non-hydrogen) atoms. The maximum atomic E-state index is 12.0. The normalized spacial score (nSPS) is 15.4. The molecule has 0 aromatic carbocycles. The van der Waals surface area contributed by atoms with E-state index in [4.69, 9.17) is 5.73 Å². The van der Waals surface area contributed by atoms with Crippen LogP contribution in [0.4, 0.5) is 13.2 Å². The Morgan fingerprint density at radius 1 is 1.29 bits per heavy atom. The first-order valence-corrected chi connectivity index (χ1v) is 5.80. The molecule has 0 fully saturated rings. The van der Waals surface area contributed by atoms with Crippen LogP contribution in [0.15, 0.2) is 0 Å². The first kappa shape index (κ1) is 16.2. The van der Waals surface area contributed by atoms with E-state index in [1.54, 1.807) is 0 Å². The maximum Gasteiger partial charge on any atom is 0.391 e. The molecule has 0 aromatic rings. The summed E-state index contributed by atoms with van der Waals surface area (Å²) < 4.78 is 36.0. The monoisotopic (exact) mass is 254 g/mol. The number of alkyl halides is 3. The van der Waals surface area contributed by atoms with E-state index in [1.807, 2.05) is 6.92 Å². The second-order valence-electron chi connectivity index (χ2n) is 4.51. The van der Waals surface area contributed by atoms with Crippen molar-refractivity contribution in [3.63, 3.8) is 0 Å². The molecule has 0 heterocycles. The molecule has 1 amide bonds. The lowest BCUT2D eigenvalue weighted by molar-refractivity contribution is -0.141. The summed E-state index contributed by atoms with van der Waals surface area (Å²) in [5, 5.41) is 2.34. The van der Waals surface area contributed by atoms with E-state index in [1.165, 1.54) is 6.92 Å². The minimum atomic E-state index is -4.24. The predicted molar refractivity (Wildman–Crippen MR) is 60.3 cm³/mol. The Kier molecular flexibility index (Phi) is 7.18. The third-order valence-corrected chi connectivity index (χ3v) is 2.47. The van der Waals surface area contributed by atoms with Crippen molar-refractivity contribution in [3.8, 4) is 0 Å². The van der Waals surface area contributed by atoms with Crippen LogP contribution in [0.25, 0.3) is 0 Å². The van der Waals surface area contributed by atoms with Gasteiger partial charge >= 0.3 is 6.18 Å². The second-order valence-corrected chi connectivity index (χ2v) is 4.51. The van der Waals surface area contributed by atoms with Crippen LogP contribution in [-0.2, 0) is 4.79 Å². The van der Waals surface area contributed by atoms with Crippen LogP contribution in [0.3, 0.4) is 0 Å². The van der Waals surface area contributed by atoms with Crippen LogP contribution in [0.1, 0.15) is 39.5 Å². The third kappa shape index (κ3) is 10.1. The van der Waals surface area contributed by atoms with Crippen LogP contribution < -0.4 is 11.1 Å². The summed E-state index contributed by atoms with van der Waals surface area (Å²) in [6.07, 6.45) is -3.49. The standard InChI is InChI=1S/C11H21F3N2O/c1-8(5-6-15)3-4-10(17)16-9(2)7-11(12,13)14/h8-9H,3-7,15H2,1-2H3,(H,16,17). The number of halogens is 3. The average molecular weight is 254 g/mol. The fourth-order valence-corrected chi connectivity index (χ4v) is 1.55. The minimum Gasteiger partial charge on any atom is -0.353 e. The van der Waals surface area contributed by atoms with E-state index in [0.717, 1.165) is 6.42 Å². The molecular formula is C11H21F3N2O. The van der Waals surface area contributed by atoms with Gasteiger partial charge in [0.1, 0.15) is 0 Å². The Morgan fingerprint density at radius 3 is 2.35 bits per heavy atom. The molecule has 102 valence electrons. The van der Waals surface area contributed by atoms with Crippen molar-refractivity contribution in [1.82, 2.24) is 5.32 Å². The molecule has 0 saturated carbocycles. The third-order valence-electron chi connectivity index (χ3n) is 2.47. The minimum absolute atomic E-state index is 0.253. The molecule has 0 bridgehead atoms. The fourth-order valence-electron chi connectivity index (χ4n) is 1.55. The number of nitrogens with two attached hydrogens (primary N) is 1. The van der Waals surface area contributed by atoms with Crippen LogP contribution in [0.5, 0.6) is 0 Å². The quantitative estimate of drug-likeness (QED) is 0.732. The Morgan fingerprint density at radius 2 is 1.88 bits per heavy atom. The van der Waals surface area contributed by atoms with Gasteiger partial charge in [0.15, 0.2) is 0 Å². The van der Waals surface area contributed by atoms with Crippen LogP contribution in [-0.4, -0.2) is 24.7 Å². The maximum absolute atomic E-state index is 12.0. The van der Waals surface area contributed by atoms with Gasteiger partial charge in [-0.05, 0) is 32.2 Å². The van der Waals surface area contributed by atoms with Gasteiger partial charge in [0.2, 0.25) is 5.91 Å². The highest BCUT2D eigenvalue weighted by Crippen LogP contribution is 2.21. The van der Waals surface area contributed by atoms with E-state index in [-0.39, 0.29) is 12.3 Å². The predicted octanol–water partition coefficient (Wildman–Crippen LogP) is 2.21. The Bertz CT molecular complexity index is 231. The molecule has 2 atom stereocenters. The molecule has 3 nitrogen and oxygen atoms in total. The van der Waals surface area contributed by atoms with Crippen LogP contribution in [0.2, 0.25) is 0 Å². The lowest BCUT2D eigenvalue weighted by Crippen LogP contribution is -2.36. The molecule has 2 unspecified atom stereocenters. The lowest BCUT2D eigenvalue weighted by atomic mass is 10.0. The Labute approximate surface area is 99.9 Å². The summed E-state index contributed by atoms with van der Waals surface area (Å²) >= 11 is 0. The average Bonchev–Trinajstić information content (AvgIpc) is 2.12. The van der Waals surface area contributed by atoms with Gasteiger partial charge in [-0.2, -0.15) is 13.2 Å². The van der Waals surface area contributed by atoms with Crippen molar-refractivity contribution in [3.05, 3.63) is 0 Å². The summed E-state index contributed by atoms with van der Waals surface area (Å²) in [5.41, 5.74) is 5.36. The van der Waals surface area contributed by atoms with E-state index in [0.29, 0.717) is 18.9 Å². The SMILES string of the molecule is CC(CCN)CCC(=O)NC(C)CC(F)(F)F. The number of carbonyl (C=O) groups is 1. The number of nitrogens with one attached hydrogen (secondary N) is 1. The number of hydrogen-bond acceptors (Lipinski definition) is 2.